The molecule has 1 aromatic carbocycles. The van der Waals surface area contributed by atoms with E-state index in [-0.39, 0.29) is 11.3 Å². The number of benzene rings is 1. The second kappa shape index (κ2) is 9.56. The zero-order chi connectivity index (χ0) is 19.2. The van der Waals surface area contributed by atoms with Gasteiger partial charge in [-0.1, -0.05) is 32.9 Å². The van der Waals surface area contributed by atoms with Gasteiger partial charge in [0.25, 0.3) is 5.91 Å². The molecule has 1 N–H and O–H groups in total. The van der Waals surface area contributed by atoms with E-state index in [1.54, 1.807) is 29.6 Å². The summed E-state index contributed by atoms with van der Waals surface area (Å²) in [5, 5.41) is 2.90. The highest BCUT2D eigenvalue weighted by molar-refractivity contribution is 7.98. The molecule has 1 amide bonds. The van der Waals surface area contributed by atoms with Crippen molar-refractivity contribution in [2.45, 2.75) is 50.2 Å². The lowest BCUT2D eigenvalue weighted by Gasteiger charge is -2.20. The normalized spacial score (nSPS) is 11.6. The summed E-state index contributed by atoms with van der Waals surface area (Å²) in [6, 6.07) is 10.3. The third-order valence-corrected chi connectivity index (χ3v) is 6.00. The van der Waals surface area contributed by atoms with Gasteiger partial charge >= 0.3 is 0 Å². The summed E-state index contributed by atoms with van der Waals surface area (Å²) < 4.78 is 5.72. The van der Waals surface area contributed by atoms with E-state index in [1.807, 2.05) is 6.07 Å². The Morgan fingerprint density at radius 2 is 1.96 bits per heavy atom. The van der Waals surface area contributed by atoms with Gasteiger partial charge in [0.2, 0.25) is 0 Å². The molecule has 0 unspecified atom stereocenters. The third-order valence-electron chi connectivity index (χ3n) is 4.12. The first kappa shape index (κ1) is 21.0. The Hall–Kier alpha value is -1.33. The van der Waals surface area contributed by atoms with Crippen LogP contribution in [0.5, 0.6) is 0 Å². The number of amides is 1. The highest BCUT2D eigenvalue weighted by Gasteiger charge is 2.15. The van der Waals surface area contributed by atoms with Crippen molar-refractivity contribution in [3.63, 3.8) is 0 Å². The molecular formula is C21H29NO2S2. The molecule has 142 valence electrons. The van der Waals surface area contributed by atoms with Gasteiger partial charge in [0, 0.05) is 11.4 Å². The number of nitrogens with one attached hydrogen (secondary N) is 1. The molecule has 1 heterocycles. The van der Waals surface area contributed by atoms with Crippen LogP contribution in [0.1, 0.15) is 54.6 Å². The minimum atomic E-state index is -0.131. The zero-order valence-corrected chi connectivity index (χ0v) is 18.0. The van der Waals surface area contributed by atoms with Crippen molar-refractivity contribution in [1.82, 2.24) is 5.32 Å². The predicted molar refractivity (Wildman–Crippen MR) is 113 cm³/mol. The van der Waals surface area contributed by atoms with Gasteiger partial charge in [0.1, 0.15) is 5.76 Å². The average Bonchev–Trinajstić information content (AvgIpc) is 3.06. The molecule has 2 rings (SSSR count). The molecule has 1 aromatic heterocycles. The molecule has 0 spiro atoms. The number of hydrogen-bond acceptors (Lipinski definition) is 4. The second-order valence-electron chi connectivity index (χ2n) is 7.39. The first-order valence-corrected chi connectivity index (χ1v) is 11.3. The molecule has 26 heavy (non-hydrogen) atoms. The molecule has 0 bridgehead atoms. The Labute approximate surface area is 165 Å². The van der Waals surface area contributed by atoms with Crippen LogP contribution in [0.4, 0.5) is 0 Å². The van der Waals surface area contributed by atoms with Gasteiger partial charge in [-0.05, 0) is 60.1 Å². The van der Waals surface area contributed by atoms with Crippen molar-refractivity contribution in [3.05, 3.63) is 53.0 Å². The van der Waals surface area contributed by atoms with Crippen molar-refractivity contribution in [2.75, 3.05) is 18.6 Å². The maximum atomic E-state index is 12.1. The molecular weight excluding hydrogens is 362 g/mol. The van der Waals surface area contributed by atoms with Crippen LogP contribution in [-0.2, 0) is 11.2 Å². The first-order chi connectivity index (χ1) is 12.3. The highest BCUT2D eigenvalue weighted by atomic mass is 32.2. The zero-order valence-electron chi connectivity index (χ0n) is 16.3. The van der Waals surface area contributed by atoms with Crippen LogP contribution in [0.15, 0.2) is 39.6 Å². The van der Waals surface area contributed by atoms with E-state index in [2.05, 4.69) is 57.5 Å². The molecule has 0 aliphatic carbocycles. The first-order valence-electron chi connectivity index (χ1n) is 8.91. The largest absolute Gasteiger partial charge is 0.455 e. The van der Waals surface area contributed by atoms with E-state index in [1.165, 1.54) is 16.0 Å². The van der Waals surface area contributed by atoms with E-state index in [4.69, 9.17) is 4.42 Å². The fourth-order valence-electron chi connectivity index (χ4n) is 2.45. The molecule has 0 atom stereocenters. The van der Waals surface area contributed by atoms with Crippen molar-refractivity contribution < 1.29 is 9.21 Å². The number of thioether (sulfide) groups is 2. The van der Waals surface area contributed by atoms with Crippen LogP contribution in [0.3, 0.4) is 0 Å². The SMILES string of the molecule is CSCCCNC(=O)c1ccc(CSc2cc(C(C)(C)C)ccc2C)o1. The lowest BCUT2D eigenvalue weighted by atomic mass is 9.87. The summed E-state index contributed by atoms with van der Waals surface area (Å²) in [7, 11) is 0. The predicted octanol–water partition coefficient (Wildman–Crippen LogP) is 5.66. The Morgan fingerprint density at radius 3 is 2.65 bits per heavy atom. The van der Waals surface area contributed by atoms with E-state index in [0.717, 1.165) is 17.9 Å². The molecule has 0 saturated carbocycles. The minimum Gasteiger partial charge on any atom is -0.455 e. The molecule has 0 fully saturated rings. The van der Waals surface area contributed by atoms with Crippen LogP contribution in [0.2, 0.25) is 0 Å². The van der Waals surface area contributed by atoms with Crippen LogP contribution in [0, 0.1) is 6.92 Å². The Balaban J connectivity index is 1.95. The van der Waals surface area contributed by atoms with Crippen LogP contribution < -0.4 is 5.32 Å². The molecule has 5 heteroatoms. The lowest BCUT2D eigenvalue weighted by Crippen LogP contribution is -2.24. The number of carbonyl (C=O) groups excluding carboxylic acids is 1. The maximum Gasteiger partial charge on any atom is 0.286 e. The Morgan fingerprint density at radius 1 is 1.19 bits per heavy atom. The molecule has 2 aromatic rings. The quantitative estimate of drug-likeness (QED) is 0.466. The summed E-state index contributed by atoms with van der Waals surface area (Å²) >= 11 is 3.54. The third kappa shape index (κ3) is 6.13. The van der Waals surface area contributed by atoms with Gasteiger partial charge < -0.3 is 9.73 Å². The van der Waals surface area contributed by atoms with Gasteiger partial charge in [-0.2, -0.15) is 11.8 Å². The van der Waals surface area contributed by atoms with Crippen molar-refractivity contribution in [1.29, 1.82) is 0 Å². The topological polar surface area (TPSA) is 42.2 Å². The molecule has 3 nitrogen and oxygen atoms in total. The summed E-state index contributed by atoms with van der Waals surface area (Å²) in [6.45, 7) is 9.49. The fraction of sp³-hybridized carbons (Fsp3) is 0.476. The van der Waals surface area contributed by atoms with Gasteiger partial charge in [-0.15, -0.1) is 11.8 Å². The number of aryl methyl sites for hydroxylation is 1. The second-order valence-corrected chi connectivity index (χ2v) is 9.39. The van der Waals surface area contributed by atoms with Gasteiger partial charge in [0.15, 0.2) is 5.76 Å². The fourth-order valence-corrected chi connectivity index (χ4v) is 3.85. The minimum absolute atomic E-state index is 0.131. The van der Waals surface area contributed by atoms with E-state index < -0.39 is 0 Å². The van der Waals surface area contributed by atoms with Crippen LogP contribution in [0.25, 0.3) is 0 Å². The van der Waals surface area contributed by atoms with Crippen LogP contribution >= 0.6 is 23.5 Å². The average molecular weight is 392 g/mol. The van der Waals surface area contributed by atoms with Crippen LogP contribution in [-0.4, -0.2) is 24.5 Å². The Bertz CT molecular complexity index is 732. The van der Waals surface area contributed by atoms with E-state index in [0.29, 0.717) is 18.1 Å². The van der Waals surface area contributed by atoms with Gasteiger partial charge in [-0.3, -0.25) is 4.79 Å². The number of hydrogen-bond donors (Lipinski definition) is 1. The maximum absolute atomic E-state index is 12.1. The highest BCUT2D eigenvalue weighted by Crippen LogP contribution is 2.31. The molecule has 0 saturated heterocycles. The summed E-state index contributed by atoms with van der Waals surface area (Å²) in [5.41, 5.74) is 2.73. The summed E-state index contributed by atoms with van der Waals surface area (Å²) in [4.78, 5) is 13.3. The molecule has 0 aliphatic heterocycles. The number of rotatable bonds is 8. The number of carbonyl (C=O) groups is 1. The van der Waals surface area contributed by atoms with Crippen molar-refractivity contribution >= 4 is 29.4 Å². The lowest BCUT2D eigenvalue weighted by molar-refractivity contribution is 0.0924. The summed E-state index contributed by atoms with van der Waals surface area (Å²) in [5.74, 6) is 2.85. The summed E-state index contributed by atoms with van der Waals surface area (Å²) in [6.07, 6.45) is 3.04. The van der Waals surface area contributed by atoms with Gasteiger partial charge in [0.05, 0.1) is 5.75 Å². The standard InChI is InChI=1S/C21H29NO2S2/c1-15-7-8-16(21(2,3)4)13-19(15)26-14-17-9-10-18(24-17)20(23)22-11-6-12-25-5/h7-10,13H,6,11-12,14H2,1-5H3,(H,22,23). The number of furan rings is 1. The smallest absolute Gasteiger partial charge is 0.286 e. The van der Waals surface area contributed by atoms with E-state index >= 15 is 0 Å². The van der Waals surface area contributed by atoms with Gasteiger partial charge in [-0.25, -0.2) is 0 Å². The molecule has 0 radical (unpaired) electrons. The van der Waals surface area contributed by atoms with Crippen molar-refractivity contribution in [3.8, 4) is 0 Å². The van der Waals surface area contributed by atoms with E-state index in [9.17, 15) is 4.79 Å². The monoisotopic (exact) mass is 391 g/mol. The molecule has 0 aliphatic rings. The van der Waals surface area contributed by atoms with Crippen molar-refractivity contribution in [2.24, 2.45) is 0 Å². The Kier molecular flexibility index (Phi) is 7.71.